The molecule has 3 aromatic rings. The van der Waals surface area contributed by atoms with Crippen molar-refractivity contribution in [3.8, 4) is 0 Å². The van der Waals surface area contributed by atoms with Crippen molar-refractivity contribution in [2.24, 2.45) is 0 Å². The van der Waals surface area contributed by atoms with Gasteiger partial charge in [-0.15, -0.1) is 0 Å². The fraction of sp³-hybridized carbons (Fsp3) is 0.500. The normalized spacial score (nSPS) is 16.2. The Balaban J connectivity index is 1.83. The molecule has 25 heavy (non-hydrogen) atoms. The maximum atomic E-state index is 4.99. The van der Waals surface area contributed by atoms with E-state index in [0.717, 1.165) is 49.8 Å². The predicted octanol–water partition coefficient (Wildman–Crippen LogP) is 3.29. The van der Waals surface area contributed by atoms with E-state index in [2.05, 4.69) is 55.0 Å². The van der Waals surface area contributed by atoms with Gasteiger partial charge in [0.1, 0.15) is 0 Å². The van der Waals surface area contributed by atoms with Crippen LogP contribution in [0, 0.1) is 6.92 Å². The van der Waals surface area contributed by atoms with Gasteiger partial charge in [-0.05, 0) is 50.6 Å². The van der Waals surface area contributed by atoms with Crippen LogP contribution in [-0.2, 0) is 6.42 Å². The summed E-state index contributed by atoms with van der Waals surface area (Å²) in [4.78, 5) is 9.72. The molecule has 1 aliphatic heterocycles. The van der Waals surface area contributed by atoms with Crippen molar-refractivity contribution in [1.82, 2.24) is 19.5 Å². The number of unbranched alkanes of at least 4 members (excludes halogenated alkanes) is 1. The number of aryl methyl sites for hydroxylation is 2. The van der Waals surface area contributed by atoms with E-state index in [1.165, 1.54) is 29.3 Å². The molecule has 1 aromatic carbocycles. The molecule has 5 heteroatoms. The Kier molecular flexibility index (Phi) is 4.34. The highest BCUT2D eigenvalue weighted by Gasteiger charge is 2.20. The van der Waals surface area contributed by atoms with Gasteiger partial charge in [0.25, 0.3) is 0 Å². The lowest BCUT2D eigenvalue weighted by molar-refractivity contribution is 0.310. The van der Waals surface area contributed by atoms with Crippen molar-refractivity contribution in [3.05, 3.63) is 35.5 Å². The Labute approximate surface area is 149 Å². The molecule has 0 radical (unpaired) electrons. The largest absolute Gasteiger partial charge is 0.338 e. The standard InChI is InChI=1S/C20H27N5/c1-4-5-6-16-7-8-18-17(14-16)19-13-15(2)22-25(19)20(21-18)24-11-9-23(3)10-12-24/h7-8,13-14H,4-6,9-12H2,1-3H3. The van der Waals surface area contributed by atoms with Crippen LogP contribution in [0.1, 0.15) is 31.0 Å². The number of benzene rings is 1. The smallest absolute Gasteiger partial charge is 0.227 e. The number of fused-ring (bicyclic) bond motifs is 3. The average molecular weight is 337 g/mol. The van der Waals surface area contributed by atoms with Crippen LogP contribution in [0.3, 0.4) is 0 Å². The van der Waals surface area contributed by atoms with Crippen LogP contribution < -0.4 is 4.90 Å². The fourth-order valence-corrected chi connectivity index (χ4v) is 3.63. The number of anilines is 1. The highest BCUT2D eigenvalue weighted by molar-refractivity contribution is 5.95. The van der Waals surface area contributed by atoms with Gasteiger partial charge in [-0.25, -0.2) is 4.98 Å². The number of hydrogen-bond donors (Lipinski definition) is 0. The van der Waals surface area contributed by atoms with Gasteiger partial charge in [0.2, 0.25) is 5.95 Å². The third kappa shape index (κ3) is 3.09. The molecule has 0 atom stereocenters. The zero-order valence-corrected chi connectivity index (χ0v) is 15.5. The Bertz CT molecular complexity index is 890. The van der Waals surface area contributed by atoms with Crippen molar-refractivity contribution in [3.63, 3.8) is 0 Å². The molecule has 0 aliphatic carbocycles. The molecule has 0 bridgehead atoms. The zero-order valence-electron chi connectivity index (χ0n) is 15.5. The summed E-state index contributed by atoms with van der Waals surface area (Å²) in [6.45, 7) is 8.43. The second-order valence-corrected chi connectivity index (χ2v) is 7.24. The molecule has 0 amide bonds. The van der Waals surface area contributed by atoms with E-state index in [1.807, 2.05) is 4.52 Å². The third-order valence-corrected chi connectivity index (χ3v) is 5.18. The quantitative estimate of drug-likeness (QED) is 0.732. The molecule has 0 saturated carbocycles. The summed E-state index contributed by atoms with van der Waals surface area (Å²) >= 11 is 0. The number of hydrogen-bond acceptors (Lipinski definition) is 4. The molecule has 132 valence electrons. The molecule has 5 nitrogen and oxygen atoms in total. The molecule has 3 heterocycles. The second kappa shape index (κ2) is 6.64. The molecule has 1 saturated heterocycles. The van der Waals surface area contributed by atoms with Gasteiger partial charge in [-0.3, -0.25) is 0 Å². The van der Waals surface area contributed by atoms with Gasteiger partial charge < -0.3 is 9.80 Å². The molecule has 2 aromatic heterocycles. The summed E-state index contributed by atoms with van der Waals surface area (Å²) in [5, 5.41) is 5.96. The van der Waals surface area contributed by atoms with E-state index >= 15 is 0 Å². The summed E-state index contributed by atoms with van der Waals surface area (Å²) in [5.74, 6) is 0.977. The lowest BCUT2D eigenvalue weighted by Crippen LogP contribution is -2.45. The Morgan fingerprint density at radius 3 is 2.64 bits per heavy atom. The maximum absolute atomic E-state index is 4.99. The summed E-state index contributed by atoms with van der Waals surface area (Å²) in [6.07, 6.45) is 3.58. The van der Waals surface area contributed by atoms with Crippen LogP contribution in [0.25, 0.3) is 16.4 Å². The molecule has 0 unspecified atom stereocenters. The number of nitrogens with zero attached hydrogens (tertiary/aromatic N) is 5. The predicted molar refractivity (Wildman–Crippen MR) is 104 cm³/mol. The minimum Gasteiger partial charge on any atom is -0.338 e. The first kappa shape index (κ1) is 16.3. The van der Waals surface area contributed by atoms with E-state index in [-0.39, 0.29) is 0 Å². The average Bonchev–Trinajstić information content (AvgIpc) is 3.02. The molecular formula is C20H27N5. The topological polar surface area (TPSA) is 36.7 Å². The van der Waals surface area contributed by atoms with Crippen LogP contribution in [0.2, 0.25) is 0 Å². The van der Waals surface area contributed by atoms with E-state index in [0.29, 0.717) is 0 Å². The Morgan fingerprint density at radius 2 is 1.88 bits per heavy atom. The van der Waals surface area contributed by atoms with E-state index in [4.69, 9.17) is 10.1 Å². The first-order valence-electron chi connectivity index (χ1n) is 9.38. The van der Waals surface area contributed by atoms with Crippen LogP contribution in [0.15, 0.2) is 24.3 Å². The van der Waals surface area contributed by atoms with Gasteiger partial charge in [-0.1, -0.05) is 19.4 Å². The summed E-state index contributed by atoms with van der Waals surface area (Å²) in [6, 6.07) is 8.91. The van der Waals surface area contributed by atoms with Crippen LogP contribution in [0.4, 0.5) is 5.95 Å². The van der Waals surface area contributed by atoms with Crippen molar-refractivity contribution in [2.75, 3.05) is 38.1 Å². The van der Waals surface area contributed by atoms with Crippen molar-refractivity contribution >= 4 is 22.4 Å². The summed E-state index contributed by atoms with van der Waals surface area (Å²) < 4.78 is 2.05. The van der Waals surface area contributed by atoms with Crippen LogP contribution >= 0.6 is 0 Å². The maximum Gasteiger partial charge on any atom is 0.227 e. The van der Waals surface area contributed by atoms with Gasteiger partial charge in [0.05, 0.1) is 16.7 Å². The van der Waals surface area contributed by atoms with Crippen molar-refractivity contribution in [2.45, 2.75) is 33.1 Å². The van der Waals surface area contributed by atoms with Crippen molar-refractivity contribution < 1.29 is 0 Å². The first-order chi connectivity index (χ1) is 12.2. The zero-order chi connectivity index (χ0) is 17.4. The monoisotopic (exact) mass is 337 g/mol. The second-order valence-electron chi connectivity index (χ2n) is 7.24. The Morgan fingerprint density at radius 1 is 1.08 bits per heavy atom. The number of likely N-dealkylation sites (N-methyl/N-ethyl adjacent to an activating group) is 1. The van der Waals surface area contributed by atoms with Gasteiger partial charge in [0, 0.05) is 31.6 Å². The van der Waals surface area contributed by atoms with Gasteiger partial charge in [-0.2, -0.15) is 9.61 Å². The minimum atomic E-state index is 0.977. The molecule has 0 spiro atoms. The van der Waals surface area contributed by atoms with Crippen LogP contribution in [-0.4, -0.2) is 52.7 Å². The summed E-state index contributed by atoms with van der Waals surface area (Å²) in [7, 11) is 2.18. The van der Waals surface area contributed by atoms with Crippen LogP contribution in [0.5, 0.6) is 0 Å². The summed E-state index contributed by atoms with van der Waals surface area (Å²) in [5.41, 5.74) is 4.68. The molecule has 1 aliphatic rings. The van der Waals surface area contributed by atoms with E-state index < -0.39 is 0 Å². The highest BCUT2D eigenvalue weighted by atomic mass is 15.4. The molecule has 0 N–H and O–H groups in total. The van der Waals surface area contributed by atoms with E-state index in [1.54, 1.807) is 0 Å². The number of aromatic nitrogens is 3. The lowest BCUT2D eigenvalue weighted by atomic mass is 10.1. The first-order valence-corrected chi connectivity index (χ1v) is 9.38. The number of piperazine rings is 1. The van der Waals surface area contributed by atoms with E-state index in [9.17, 15) is 0 Å². The fourth-order valence-electron chi connectivity index (χ4n) is 3.63. The molecule has 1 fully saturated rings. The van der Waals surface area contributed by atoms with Crippen molar-refractivity contribution in [1.29, 1.82) is 0 Å². The van der Waals surface area contributed by atoms with Gasteiger partial charge >= 0.3 is 0 Å². The highest BCUT2D eigenvalue weighted by Crippen LogP contribution is 2.26. The SMILES string of the molecule is CCCCc1ccc2nc(N3CCN(C)CC3)n3nc(C)cc3c2c1. The Hall–Kier alpha value is -2.14. The third-order valence-electron chi connectivity index (χ3n) is 5.18. The lowest BCUT2D eigenvalue weighted by Gasteiger charge is -2.33. The minimum absolute atomic E-state index is 0.977. The molecular weight excluding hydrogens is 310 g/mol. The number of rotatable bonds is 4. The molecule has 4 rings (SSSR count). The van der Waals surface area contributed by atoms with Gasteiger partial charge in [0.15, 0.2) is 0 Å².